The molecule has 0 saturated carbocycles. The van der Waals surface area contributed by atoms with Crippen LogP contribution in [0.25, 0.3) is 6.08 Å². The van der Waals surface area contributed by atoms with Crippen LogP contribution in [0.2, 0.25) is 0 Å². The summed E-state index contributed by atoms with van der Waals surface area (Å²) in [6, 6.07) is 20.8. The van der Waals surface area contributed by atoms with E-state index in [-0.39, 0.29) is 11.3 Å². The van der Waals surface area contributed by atoms with E-state index in [2.05, 4.69) is 10.2 Å². The van der Waals surface area contributed by atoms with E-state index in [9.17, 15) is 14.9 Å². The molecule has 0 N–H and O–H groups in total. The Balaban J connectivity index is 1.67. The number of benzene rings is 3. The summed E-state index contributed by atoms with van der Waals surface area (Å²) in [5.41, 5.74) is 3.14. The number of ketones is 1. The molecule has 0 unspecified atom stereocenters. The number of para-hydroxylation sites is 1. The molecule has 0 spiro atoms. The fraction of sp³-hybridized carbons (Fsp3) is 0.0870. The lowest BCUT2D eigenvalue weighted by Crippen LogP contribution is -2.07. The van der Waals surface area contributed by atoms with Crippen molar-refractivity contribution >= 4 is 34.6 Å². The topological polar surface area (TPSA) is 88.2 Å². The van der Waals surface area contributed by atoms with Crippen molar-refractivity contribution < 1.29 is 9.72 Å². The Hall–Kier alpha value is -4.13. The number of nitro groups is 1. The van der Waals surface area contributed by atoms with Crippen LogP contribution in [0.1, 0.15) is 15.9 Å². The molecule has 0 aliphatic carbocycles. The number of allylic oxidation sites excluding steroid dienone is 1. The minimum atomic E-state index is -0.561. The highest BCUT2D eigenvalue weighted by molar-refractivity contribution is 6.09. The minimum absolute atomic E-state index is 0.0597. The summed E-state index contributed by atoms with van der Waals surface area (Å²) in [6.07, 6.45) is 2.94. The van der Waals surface area contributed by atoms with Gasteiger partial charge in [-0.2, -0.15) is 10.2 Å². The van der Waals surface area contributed by atoms with Gasteiger partial charge in [0.05, 0.1) is 21.9 Å². The average Bonchev–Trinajstić information content (AvgIpc) is 2.77. The maximum absolute atomic E-state index is 12.3. The van der Waals surface area contributed by atoms with Gasteiger partial charge in [0.1, 0.15) is 0 Å². The highest BCUT2D eigenvalue weighted by Gasteiger charge is 2.16. The van der Waals surface area contributed by atoms with Gasteiger partial charge in [-0.25, -0.2) is 0 Å². The third kappa shape index (κ3) is 5.23. The third-order valence-corrected chi connectivity index (χ3v) is 4.33. The molecule has 0 aromatic heterocycles. The Bertz CT molecular complexity index is 1100. The number of anilines is 1. The Morgan fingerprint density at radius 3 is 2.03 bits per heavy atom. The molecule has 150 valence electrons. The van der Waals surface area contributed by atoms with Crippen LogP contribution < -0.4 is 4.90 Å². The fourth-order valence-corrected chi connectivity index (χ4v) is 2.69. The molecule has 0 saturated heterocycles. The molecule has 0 aliphatic heterocycles. The normalized spacial score (nSPS) is 11.1. The van der Waals surface area contributed by atoms with Gasteiger partial charge < -0.3 is 4.90 Å². The summed E-state index contributed by atoms with van der Waals surface area (Å²) in [7, 11) is 3.95. The molecule has 3 aromatic rings. The lowest BCUT2D eigenvalue weighted by atomic mass is 10.1. The van der Waals surface area contributed by atoms with Crippen molar-refractivity contribution in [3.63, 3.8) is 0 Å². The quantitative estimate of drug-likeness (QED) is 0.161. The van der Waals surface area contributed by atoms with Gasteiger partial charge in [0, 0.05) is 25.8 Å². The van der Waals surface area contributed by atoms with Crippen molar-refractivity contribution in [3.8, 4) is 0 Å². The second-order valence-corrected chi connectivity index (χ2v) is 6.67. The first-order chi connectivity index (χ1) is 14.4. The van der Waals surface area contributed by atoms with E-state index in [0.717, 1.165) is 16.9 Å². The molecule has 0 aliphatic rings. The highest BCUT2D eigenvalue weighted by Crippen LogP contribution is 2.22. The molecule has 0 heterocycles. The predicted molar refractivity (Wildman–Crippen MR) is 118 cm³/mol. The lowest BCUT2D eigenvalue weighted by Gasteiger charge is -2.11. The Morgan fingerprint density at radius 1 is 0.900 bits per heavy atom. The summed E-state index contributed by atoms with van der Waals surface area (Å²) in [6.45, 7) is 0. The van der Waals surface area contributed by atoms with Gasteiger partial charge in [0.25, 0.3) is 5.69 Å². The van der Waals surface area contributed by atoms with Crippen LogP contribution in [0.15, 0.2) is 89.1 Å². The van der Waals surface area contributed by atoms with Crippen molar-refractivity contribution in [1.82, 2.24) is 0 Å². The number of hydrogen-bond donors (Lipinski definition) is 0. The number of carbonyl (C=O) groups is 1. The molecule has 0 radical (unpaired) electrons. The maximum Gasteiger partial charge on any atom is 0.280 e. The first-order valence-corrected chi connectivity index (χ1v) is 9.19. The van der Waals surface area contributed by atoms with Gasteiger partial charge in [-0.1, -0.05) is 30.3 Å². The van der Waals surface area contributed by atoms with E-state index in [1.54, 1.807) is 36.4 Å². The molecule has 0 atom stereocenters. The number of nitrogens with zero attached hydrogens (tertiary/aromatic N) is 4. The van der Waals surface area contributed by atoms with E-state index in [1.165, 1.54) is 24.3 Å². The van der Waals surface area contributed by atoms with Gasteiger partial charge in [-0.05, 0) is 54.1 Å². The van der Waals surface area contributed by atoms with Gasteiger partial charge in [0.15, 0.2) is 5.78 Å². The van der Waals surface area contributed by atoms with Gasteiger partial charge in [-0.15, -0.1) is 0 Å². The maximum atomic E-state index is 12.3. The van der Waals surface area contributed by atoms with Crippen molar-refractivity contribution in [2.45, 2.75) is 0 Å². The first-order valence-electron chi connectivity index (χ1n) is 9.19. The Labute approximate surface area is 174 Å². The van der Waals surface area contributed by atoms with Crippen LogP contribution in [0.3, 0.4) is 0 Å². The van der Waals surface area contributed by atoms with E-state index in [1.807, 2.05) is 43.3 Å². The molecule has 3 aromatic carbocycles. The van der Waals surface area contributed by atoms with Crippen LogP contribution in [-0.2, 0) is 0 Å². The van der Waals surface area contributed by atoms with E-state index in [0.29, 0.717) is 5.69 Å². The smallest absolute Gasteiger partial charge is 0.280 e. The summed E-state index contributed by atoms with van der Waals surface area (Å²) >= 11 is 0. The SMILES string of the molecule is CN(C)c1ccc(N=Nc2ccc(/C=C/C(=O)c3ccccc3[N+](=O)[O-])cc2)cc1. The number of nitro benzene ring substituents is 1. The van der Waals surface area contributed by atoms with Crippen molar-refractivity contribution in [2.75, 3.05) is 19.0 Å². The van der Waals surface area contributed by atoms with Crippen LogP contribution in [-0.4, -0.2) is 24.8 Å². The zero-order valence-electron chi connectivity index (χ0n) is 16.6. The molecule has 30 heavy (non-hydrogen) atoms. The van der Waals surface area contributed by atoms with E-state index in [4.69, 9.17) is 0 Å². The summed E-state index contributed by atoms with van der Waals surface area (Å²) in [5, 5.41) is 19.5. The molecule has 0 fully saturated rings. The Kier molecular flexibility index (Phi) is 6.44. The van der Waals surface area contributed by atoms with Crippen LogP contribution >= 0.6 is 0 Å². The van der Waals surface area contributed by atoms with Crippen LogP contribution in [0.4, 0.5) is 22.7 Å². The second-order valence-electron chi connectivity index (χ2n) is 6.67. The summed E-state index contributed by atoms with van der Waals surface area (Å²) < 4.78 is 0. The standard InChI is InChI=1S/C23H20N4O3/c1-26(2)20-14-12-19(13-15-20)25-24-18-10-7-17(8-11-18)9-16-23(28)21-5-3-4-6-22(21)27(29)30/h3-16H,1-2H3/b16-9+,25-24?. The van der Waals surface area contributed by atoms with Gasteiger partial charge >= 0.3 is 0 Å². The average molecular weight is 400 g/mol. The number of hydrogen-bond acceptors (Lipinski definition) is 6. The zero-order valence-corrected chi connectivity index (χ0v) is 16.6. The zero-order chi connectivity index (χ0) is 21.5. The first kappa shape index (κ1) is 20.6. The second kappa shape index (κ2) is 9.38. The molecule has 3 rings (SSSR count). The summed E-state index contributed by atoms with van der Waals surface area (Å²) in [5.74, 6) is -0.424. The fourth-order valence-electron chi connectivity index (χ4n) is 2.69. The number of carbonyl (C=O) groups excluding carboxylic acids is 1. The van der Waals surface area contributed by atoms with Gasteiger partial charge in [-0.3, -0.25) is 14.9 Å². The Morgan fingerprint density at radius 2 is 1.47 bits per heavy atom. The van der Waals surface area contributed by atoms with Crippen molar-refractivity contribution in [3.05, 3.63) is 100 Å². The van der Waals surface area contributed by atoms with Gasteiger partial charge in [0.2, 0.25) is 0 Å². The molecular weight excluding hydrogens is 380 g/mol. The van der Waals surface area contributed by atoms with Crippen LogP contribution in [0.5, 0.6) is 0 Å². The predicted octanol–water partition coefficient (Wildman–Crippen LogP) is 5.97. The van der Waals surface area contributed by atoms with Crippen molar-refractivity contribution in [1.29, 1.82) is 0 Å². The van der Waals surface area contributed by atoms with E-state index >= 15 is 0 Å². The van der Waals surface area contributed by atoms with Crippen molar-refractivity contribution in [2.24, 2.45) is 10.2 Å². The third-order valence-electron chi connectivity index (χ3n) is 4.33. The van der Waals surface area contributed by atoms with E-state index < -0.39 is 10.7 Å². The molecule has 7 heteroatoms. The highest BCUT2D eigenvalue weighted by atomic mass is 16.6. The lowest BCUT2D eigenvalue weighted by molar-refractivity contribution is -0.385. The van der Waals surface area contributed by atoms with Crippen LogP contribution in [0, 0.1) is 10.1 Å². The number of rotatable bonds is 7. The minimum Gasteiger partial charge on any atom is -0.378 e. The molecule has 0 bridgehead atoms. The summed E-state index contributed by atoms with van der Waals surface area (Å²) in [4.78, 5) is 24.8. The monoisotopic (exact) mass is 400 g/mol. The molecule has 0 amide bonds. The largest absolute Gasteiger partial charge is 0.378 e. The number of azo groups is 1. The molecular formula is C23H20N4O3. The molecule has 7 nitrogen and oxygen atoms in total.